The van der Waals surface area contributed by atoms with Gasteiger partial charge in [0.25, 0.3) is 0 Å². The molecule has 0 aromatic rings. The summed E-state index contributed by atoms with van der Waals surface area (Å²) in [6.07, 6.45) is 2.15. The van der Waals surface area contributed by atoms with Crippen LogP contribution in [0.1, 0.15) is 19.8 Å². The Morgan fingerprint density at radius 3 is 2.37 bits per heavy atom. The van der Waals surface area contributed by atoms with Crippen LogP contribution >= 0.6 is 0 Å². The zero-order chi connectivity index (χ0) is 14.5. The van der Waals surface area contributed by atoms with E-state index in [1.54, 1.807) is 0 Å². The summed E-state index contributed by atoms with van der Waals surface area (Å²) in [6.45, 7) is 3.37. The maximum absolute atomic E-state index is 11.8. The topological polar surface area (TPSA) is 104 Å². The molecule has 0 aromatic heterocycles. The molecular formula is C11H20N2O5S. The number of amides is 1. The Hall–Kier alpha value is -1.15. The molecule has 0 radical (unpaired) electrons. The van der Waals surface area contributed by atoms with Gasteiger partial charge in [-0.05, 0) is 25.9 Å². The molecule has 1 aliphatic rings. The number of carbonyl (C=O) groups excluding carboxylic acids is 1. The summed E-state index contributed by atoms with van der Waals surface area (Å²) >= 11 is 0. The second kappa shape index (κ2) is 6.85. The fourth-order valence-electron chi connectivity index (χ4n) is 2.03. The van der Waals surface area contributed by atoms with Crippen molar-refractivity contribution < 1.29 is 23.1 Å². The Morgan fingerprint density at radius 2 is 1.89 bits per heavy atom. The molecule has 0 aromatic carbocycles. The Labute approximate surface area is 112 Å². The van der Waals surface area contributed by atoms with Gasteiger partial charge in [-0.15, -0.1) is 0 Å². The highest BCUT2D eigenvalue weighted by atomic mass is 32.2. The van der Waals surface area contributed by atoms with Crippen LogP contribution in [-0.2, 0) is 19.4 Å². The first-order chi connectivity index (χ1) is 8.80. The van der Waals surface area contributed by atoms with Crippen molar-refractivity contribution in [3.63, 3.8) is 0 Å². The number of aliphatic carboxylic acids is 1. The van der Waals surface area contributed by atoms with Gasteiger partial charge in [-0.3, -0.25) is 4.79 Å². The zero-order valence-corrected chi connectivity index (χ0v) is 11.8. The molecule has 0 aliphatic carbocycles. The predicted octanol–water partition coefficient (Wildman–Crippen LogP) is -0.914. The maximum Gasteiger partial charge on any atom is 0.327 e. The minimum atomic E-state index is -3.50. The van der Waals surface area contributed by atoms with Gasteiger partial charge in [0.15, 0.2) is 9.84 Å². The second-order valence-corrected chi connectivity index (χ2v) is 6.98. The lowest BCUT2D eigenvalue weighted by Crippen LogP contribution is -2.45. The quantitative estimate of drug-likeness (QED) is 0.629. The summed E-state index contributed by atoms with van der Waals surface area (Å²) in [7, 11) is -3.50. The Balaban J connectivity index is 2.50. The number of carbonyl (C=O) groups is 2. The standard InChI is InChI=1S/C11H20N2O5S/c1-9(14)12-10(11(15)16)8-19(17,18)7-6-13-4-2-3-5-13/h10H,2-8H2,1H3,(H,12,14)(H,15,16). The van der Waals surface area contributed by atoms with Crippen LogP contribution in [-0.4, -0.2) is 67.5 Å². The fraction of sp³-hybridized carbons (Fsp3) is 0.818. The van der Waals surface area contributed by atoms with Crippen LogP contribution < -0.4 is 5.32 Å². The Kier molecular flexibility index (Phi) is 5.74. The molecule has 0 spiro atoms. The van der Waals surface area contributed by atoms with Crippen LogP contribution in [0, 0.1) is 0 Å². The Bertz CT molecular complexity index is 428. The van der Waals surface area contributed by atoms with Gasteiger partial charge in [0.2, 0.25) is 5.91 Å². The van der Waals surface area contributed by atoms with Gasteiger partial charge in [0, 0.05) is 13.5 Å². The smallest absolute Gasteiger partial charge is 0.327 e. The van der Waals surface area contributed by atoms with Crippen molar-refractivity contribution in [3.05, 3.63) is 0 Å². The molecular weight excluding hydrogens is 272 g/mol. The third kappa shape index (κ3) is 6.02. The molecule has 1 aliphatic heterocycles. The van der Waals surface area contributed by atoms with Gasteiger partial charge >= 0.3 is 5.97 Å². The van der Waals surface area contributed by atoms with Crippen molar-refractivity contribution in [2.24, 2.45) is 0 Å². The number of likely N-dealkylation sites (tertiary alicyclic amines) is 1. The Morgan fingerprint density at radius 1 is 1.32 bits per heavy atom. The van der Waals surface area contributed by atoms with E-state index in [9.17, 15) is 18.0 Å². The molecule has 7 nitrogen and oxygen atoms in total. The molecule has 1 atom stereocenters. The van der Waals surface area contributed by atoms with Gasteiger partial charge in [-0.25, -0.2) is 13.2 Å². The van der Waals surface area contributed by atoms with Gasteiger partial charge in [0.05, 0.1) is 11.5 Å². The number of nitrogens with one attached hydrogen (secondary N) is 1. The summed E-state index contributed by atoms with van der Waals surface area (Å²) in [5.74, 6) is -2.52. The minimum Gasteiger partial charge on any atom is -0.480 e. The second-order valence-electron chi connectivity index (χ2n) is 4.75. The first-order valence-corrected chi connectivity index (χ1v) is 8.05. The van der Waals surface area contributed by atoms with Gasteiger partial charge in [-0.1, -0.05) is 0 Å². The third-order valence-corrected chi connectivity index (χ3v) is 4.66. The highest BCUT2D eigenvalue weighted by Gasteiger charge is 2.26. The number of nitrogens with zero attached hydrogens (tertiary/aromatic N) is 1. The predicted molar refractivity (Wildman–Crippen MR) is 69.6 cm³/mol. The molecule has 1 heterocycles. The van der Waals surface area contributed by atoms with Crippen LogP contribution in [0.4, 0.5) is 0 Å². The van der Waals surface area contributed by atoms with Crippen molar-refractivity contribution in [1.82, 2.24) is 10.2 Å². The van der Waals surface area contributed by atoms with E-state index in [2.05, 4.69) is 5.32 Å². The highest BCUT2D eigenvalue weighted by Crippen LogP contribution is 2.07. The van der Waals surface area contributed by atoms with E-state index in [0.29, 0.717) is 6.54 Å². The molecule has 19 heavy (non-hydrogen) atoms. The van der Waals surface area contributed by atoms with Crippen molar-refractivity contribution >= 4 is 21.7 Å². The van der Waals surface area contributed by atoms with Crippen molar-refractivity contribution in [2.75, 3.05) is 31.1 Å². The van der Waals surface area contributed by atoms with Gasteiger partial charge in [-0.2, -0.15) is 0 Å². The number of hydrogen-bond donors (Lipinski definition) is 2. The summed E-state index contributed by atoms with van der Waals surface area (Å²) in [6, 6.07) is -1.37. The SMILES string of the molecule is CC(=O)NC(CS(=O)(=O)CCN1CCCC1)C(=O)O. The number of carboxylic acids is 1. The molecule has 1 amide bonds. The van der Waals surface area contributed by atoms with Crippen molar-refractivity contribution in [1.29, 1.82) is 0 Å². The number of rotatable bonds is 7. The molecule has 1 unspecified atom stereocenters. The van der Waals surface area contributed by atoms with E-state index in [0.717, 1.165) is 32.9 Å². The fourth-order valence-corrected chi connectivity index (χ4v) is 3.47. The third-order valence-electron chi connectivity index (χ3n) is 3.01. The van der Waals surface area contributed by atoms with Crippen LogP contribution in [0.25, 0.3) is 0 Å². The largest absolute Gasteiger partial charge is 0.480 e. The number of hydrogen-bond acceptors (Lipinski definition) is 5. The number of sulfone groups is 1. The molecule has 2 N–H and O–H groups in total. The monoisotopic (exact) mass is 292 g/mol. The molecule has 1 saturated heterocycles. The van der Waals surface area contributed by atoms with E-state index in [-0.39, 0.29) is 5.75 Å². The van der Waals surface area contributed by atoms with E-state index in [4.69, 9.17) is 5.11 Å². The molecule has 110 valence electrons. The lowest BCUT2D eigenvalue weighted by atomic mass is 10.3. The molecule has 1 fully saturated rings. The van der Waals surface area contributed by atoms with Crippen LogP contribution in [0.5, 0.6) is 0 Å². The number of carboxylic acid groups (broad SMARTS) is 1. The summed E-state index contributed by atoms with van der Waals surface area (Å²) in [5, 5.41) is 11.0. The van der Waals surface area contributed by atoms with Crippen LogP contribution in [0.15, 0.2) is 0 Å². The van der Waals surface area contributed by atoms with Crippen LogP contribution in [0.2, 0.25) is 0 Å². The molecule has 0 saturated carbocycles. The van der Waals surface area contributed by atoms with E-state index in [1.165, 1.54) is 0 Å². The summed E-state index contributed by atoms with van der Waals surface area (Å²) in [4.78, 5) is 23.8. The summed E-state index contributed by atoms with van der Waals surface area (Å²) in [5.41, 5.74) is 0. The lowest BCUT2D eigenvalue weighted by Gasteiger charge is -2.16. The zero-order valence-electron chi connectivity index (χ0n) is 11.0. The van der Waals surface area contributed by atoms with E-state index in [1.807, 2.05) is 4.90 Å². The first kappa shape index (κ1) is 15.9. The average molecular weight is 292 g/mol. The van der Waals surface area contributed by atoms with Crippen molar-refractivity contribution in [2.45, 2.75) is 25.8 Å². The van der Waals surface area contributed by atoms with Gasteiger partial charge in [0.1, 0.15) is 6.04 Å². The van der Waals surface area contributed by atoms with E-state index < -0.39 is 33.5 Å². The average Bonchev–Trinajstić information content (AvgIpc) is 2.77. The molecule has 8 heteroatoms. The lowest BCUT2D eigenvalue weighted by molar-refractivity contribution is -0.140. The minimum absolute atomic E-state index is 0.0731. The van der Waals surface area contributed by atoms with Gasteiger partial charge < -0.3 is 15.3 Å². The van der Waals surface area contributed by atoms with E-state index >= 15 is 0 Å². The first-order valence-electron chi connectivity index (χ1n) is 6.23. The molecule has 0 bridgehead atoms. The normalized spacial score (nSPS) is 18.2. The van der Waals surface area contributed by atoms with Crippen molar-refractivity contribution in [3.8, 4) is 0 Å². The summed E-state index contributed by atoms with van der Waals surface area (Å²) < 4.78 is 23.7. The molecule has 1 rings (SSSR count). The highest BCUT2D eigenvalue weighted by molar-refractivity contribution is 7.91. The van der Waals surface area contributed by atoms with Crippen LogP contribution in [0.3, 0.4) is 0 Å². The maximum atomic E-state index is 11.8.